The van der Waals surface area contributed by atoms with Crippen LogP contribution in [0.4, 0.5) is 5.69 Å². The third-order valence-corrected chi connectivity index (χ3v) is 8.61. The summed E-state index contributed by atoms with van der Waals surface area (Å²) in [6.07, 6.45) is 4.66. The zero-order valence-corrected chi connectivity index (χ0v) is 13.0. The van der Waals surface area contributed by atoms with Gasteiger partial charge in [-0.3, -0.25) is 4.57 Å². The van der Waals surface area contributed by atoms with Gasteiger partial charge in [-0.25, -0.2) is 0 Å². The molecule has 2 aromatic carbocycles. The Labute approximate surface area is 126 Å². The molecule has 1 atom stereocenters. The minimum Gasteiger partial charge on any atom is -0.314 e. The first kappa shape index (κ1) is 13.2. The molecule has 1 aliphatic carbocycles. The Kier molecular flexibility index (Phi) is 3.15. The zero-order valence-electron chi connectivity index (χ0n) is 12.1. The summed E-state index contributed by atoms with van der Waals surface area (Å²) in [4.78, 5) is 0. The van der Waals surface area contributed by atoms with Crippen LogP contribution in [-0.2, 0) is 11.1 Å². The Morgan fingerprint density at radius 2 is 1.57 bits per heavy atom. The van der Waals surface area contributed by atoms with E-state index in [0.717, 1.165) is 30.4 Å². The predicted molar refractivity (Wildman–Crippen MR) is 88.6 cm³/mol. The molecule has 1 fully saturated rings. The average Bonchev–Trinajstić information content (AvgIpc) is 3.16. The Bertz CT molecular complexity index is 691. The highest BCUT2D eigenvalue weighted by Gasteiger charge is 2.47. The number of anilines is 1. The van der Waals surface area contributed by atoms with Crippen LogP contribution in [0.3, 0.4) is 0 Å². The smallest absolute Gasteiger partial charge is 0.204 e. The van der Waals surface area contributed by atoms with E-state index in [1.807, 2.05) is 24.3 Å². The Morgan fingerprint density at radius 1 is 0.905 bits per heavy atom. The lowest BCUT2D eigenvalue weighted by Crippen LogP contribution is -2.23. The van der Waals surface area contributed by atoms with Crippen molar-refractivity contribution in [3.63, 3.8) is 0 Å². The highest BCUT2D eigenvalue weighted by Crippen LogP contribution is 2.63. The Balaban J connectivity index is 1.86. The first-order valence-corrected chi connectivity index (χ1v) is 9.54. The molecule has 1 saturated carbocycles. The molecule has 0 spiro atoms. The first-order valence-electron chi connectivity index (χ1n) is 7.81. The summed E-state index contributed by atoms with van der Waals surface area (Å²) in [6.45, 7) is 0.786. The fraction of sp³-hybridized carbons (Fsp3) is 0.333. The maximum absolute atomic E-state index is 14.1. The number of hydrogen-bond acceptors (Lipinski definition) is 1. The van der Waals surface area contributed by atoms with Crippen LogP contribution in [0, 0.1) is 0 Å². The Hall–Kier alpha value is -1.53. The predicted octanol–water partition coefficient (Wildman–Crippen LogP) is 4.55. The topological polar surface area (TPSA) is 20.3 Å². The lowest BCUT2D eigenvalue weighted by molar-refractivity contribution is 0.568. The van der Waals surface area contributed by atoms with Gasteiger partial charge in [0.1, 0.15) is 0 Å². The monoisotopic (exact) mass is 297 g/mol. The highest BCUT2D eigenvalue weighted by molar-refractivity contribution is 7.74. The van der Waals surface area contributed by atoms with E-state index >= 15 is 0 Å². The molecule has 2 aromatic rings. The normalized spacial score (nSPS) is 25.2. The van der Waals surface area contributed by atoms with Gasteiger partial charge in [0.05, 0.1) is 6.54 Å². The number of rotatable bonds is 2. The summed E-state index contributed by atoms with van der Waals surface area (Å²) >= 11 is 0. The van der Waals surface area contributed by atoms with Gasteiger partial charge in [0.2, 0.25) is 7.29 Å². The van der Waals surface area contributed by atoms with Crippen LogP contribution in [0.15, 0.2) is 54.6 Å². The highest BCUT2D eigenvalue weighted by atomic mass is 31.2. The van der Waals surface area contributed by atoms with Crippen molar-refractivity contribution in [3.8, 4) is 0 Å². The molecule has 21 heavy (non-hydrogen) atoms. The van der Waals surface area contributed by atoms with Crippen LogP contribution in [0.2, 0.25) is 0 Å². The number of para-hydroxylation sites is 1. The molecule has 4 rings (SSSR count). The third-order valence-electron chi connectivity index (χ3n) is 4.89. The summed E-state index contributed by atoms with van der Waals surface area (Å²) in [6, 6.07) is 18.6. The van der Waals surface area contributed by atoms with E-state index in [-0.39, 0.29) is 0 Å². The van der Waals surface area contributed by atoms with Gasteiger partial charge in [-0.05, 0) is 36.6 Å². The SMILES string of the molecule is O=P1(C2CCCC2)c2ccccc2CN1c1ccccc1. The van der Waals surface area contributed by atoms with Crippen LogP contribution in [0.5, 0.6) is 0 Å². The Morgan fingerprint density at radius 3 is 2.33 bits per heavy atom. The van der Waals surface area contributed by atoms with Gasteiger partial charge in [-0.15, -0.1) is 0 Å². The van der Waals surface area contributed by atoms with Gasteiger partial charge in [-0.1, -0.05) is 49.2 Å². The fourth-order valence-corrected chi connectivity index (χ4v) is 7.67. The van der Waals surface area contributed by atoms with E-state index in [1.54, 1.807) is 0 Å². The van der Waals surface area contributed by atoms with Crippen LogP contribution in [-0.4, -0.2) is 5.66 Å². The van der Waals surface area contributed by atoms with Crippen molar-refractivity contribution in [3.05, 3.63) is 60.2 Å². The van der Waals surface area contributed by atoms with E-state index in [0.29, 0.717) is 5.66 Å². The molecule has 2 aliphatic rings. The molecule has 0 amide bonds. The van der Waals surface area contributed by atoms with Gasteiger partial charge >= 0.3 is 0 Å². The van der Waals surface area contributed by atoms with Crippen molar-refractivity contribution < 1.29 is 4.57 Å². The first-order chi connectivity index (χ1) is 10.3. The van der Waals surface area contributed by atoms with Crippen molar-refractivity contribution in [1.29, 1.82) is 0 Å². The van der Waals surface area contributed by atoms with Crippen molar-refractivity contribution in [2.45, 2.75) is 37.9 Å². The molecule has 0 N–H and O–H groups in total. The lowest BCUT2D eigenvalue weighted by Gasteiger charge is -2.32. The second-order valence-corrected chi connectivity index (χ2v) is 9.02. The molecule has 1 aliphatic heterocycles. The van der Waals surface area contributed by atoms with Crippen LogP contribution >= 0.6 is 7.29 Å². The molecular formula is C18H20NOP. The largest absolute Gasteiger partial charge is 0.314 e. The fourth-order valence-electron chi connectivity index (χ4n) is 3.86. The molecular weight excluding hydrogens is 277 g/mol. The van der Waals surface area contributed by atoms with Gasteiger partial charge in [0.25, 0.3) is 0 Å². The van der Waals surface area contributed by atoms with Crippen molar-refractivity contribution in [1.82, 2.24) is 0 Å². The van der Waals surface area contributed by atoms with Crippen molar-refractivity contribution in [2.24, 2.45) is 0 Å². The van der Waals surface area contributed by atoms with Crippen molar-refractivity contribution in [2.75, 3.05) is 4.67 Å². The molecule has 0 bridgehead atoms. The summed E-state index contributed by atoms with van der Waals surface area (Å²) < 4.78 is 16.3. The summed E-state index contributed by atoms with van der Waals surface area (Å²) in [7, 11) is -2.51. The van der Waals surface area contributed by atoms with Crippen molar-refractivity contribution >= 4 is 18.3 Å². The van der Waals surface area contributed by atoms with E-state index in [4.69, 9.17) is 0 Å². The van der Waals surface area contributed by atoms with Crippen LogP contribution in [0.25, 0.3) is 0 Å². The number of fused-ring (bicyclic) bond motifs is 1. The molecule has 1 unspecified atom stereocenters. The molecule has 0 saturated heterocycles. The van der Waals surface area contributed by atoms with Gasteiger partial charge < -0.3 is 4.67 Å². The zero-order chi connectivity index (χ0) is 14.3. The summed E-state index contributed by atoms with van der Waals surface area (Å²) in [5.41, 5.74) is 2.68. The minimum absolute atomic E-state index is 0.335. The number of benzene rings is 2. The number of hydrogen-bond donors (Lipinski definition) is 0. The quantitative estimate of drug-likeness (QED) is 0.758. The van der Waals surface area contributed by atoms with E-state index in [9.17, 15) is 4.57 Å². The average molecular weight is 297 g/mol. The standard InChI is InChI=1S/C18H20NOP/c20-21(17-11-5-6-12-17)18-13-7-4-8-15(18)14-19(21)16-9-2-1-3-10-16/h1-4,7-10,13,17H,5-6,11-12,14H2. The van der Waals surface area contributed by atoms with Gasteiger partial charge in [-0.2, -0.15) is 0 Å². The molecule has 0 radical (unpaired) electrons. The molecule has 108 valence electrons. The van der Waals surface area contributed by atoms with Crippen LogP contribution < -0.4 is 9.97 Å². The molecule has 2 nitrogen and oxygen atoms in total. The van der Waals surface area contributed by atoms with Gasteiger partial charge in [0.15, 0.2) is 0 Å². The third kappa shape index (κ3) is 1.97. The maximum Gasteiger partial charge on any atom is 0.204 e. The number of nitrogens with zero attached hydrogens (tertiary/aromatic N) is 1. The summed E-state index contributed by atoms with van der Waals surface area (Å²) in [5.74, 6) is 0. The lowest BCUT2D eigenvalue weighted by atomic mass is 10.2. The maximum atomic E-state index is 14.1. The second kappa shape index (κ2) is 5.03. The molecule has 1 heterocycles. The van der Waals surface area contributed by atoms with Crippen LogP contribution in [0.1, 0.15) is 31.2 Å². The van der Waals surface area contributed by atoms with Gasteiger partial charge in [0, 0.05) is 16.7 Å². The van der Waals surface area contributed by atoms with E-state index in [2.05, 4.69) is 35.0 Å². The summed E-state index contributed by atoms with van der Waals surface area (Å²) in [5, 5.41) is 1.11. The minimum atomic E-state index is -2.51. The molecule has 3 heteroatoms. The second-order valence-electron chi connectivity index (χ2n) is 6.08. The molecule has 0 aromatic heterocycles. The van der Waals surface area contributed by atoms with E-state index in [1.165, 1.54) is 18.4 Å². The van der Waals surface area contributed by atoms with E-state index < -0.39 is 7.29 Å².